The molecule has 4 aromatic rings. The van der Waals surface area contributed by atoms with Gasteiger partial charge in [-0.3, -0.25) is 4.79 Å². The van der Waals surface area contributed by atoms with E-state index in [2.05, 4.69) is 23.2 Å². The molecule has 0 aliphatic carbocycles. The van der Waals surface area contributed by atoms with E-state index in [-0.39, 0.29) is 21.2 Å². The zero-order valence-corrected chi connectivity index (χ0v) is 20.6. The summed E-state index contributed by atoms with van der Waals surface area (Å²) >= 11 is 0. The maximum Gasteiger partial charge on any atom is 0.310 e. The second-order valence-electron chi connectivity index (χ2n) is 8.10. The van der Waals surface area contributed by atoms with Crippen LogP contribution in [0, 0.1) is 0 Å². The third-order valence-corrected chi connectivity index (χ3v) is 6.40. The molecule has 0 N–H and O–H groups in total. The van der Waals surface area contributed by atoms with Crippen LogP contribution in [0.3, 0.4) is 0 Å². The van der Waals surface area contributed by atoms with E-state index >= 15 is 0 Å². The van der Waals surface area contributed by atoms with Crippen LogP contribution in [0.1, 0.15) is 12.5 Å². The van der Waals surface area contributed by atoms with Gasteiger partial charge in [-0.1, -0.05) is 13.1 Å². The van der Waals surface area contributed by atoms with Crippen molar-refractivity contribution >= 4 is 25.7 Å². The first-order valence-corrected chi connectivity index (χ1v) is 13.9. The Balaban J connectivity index is 1.40. The average Bonchev–Trinajstić information content (AvgIpc) is 3.44. The summed E-state index contributed by atoms with van der Waals surface area (Å²) in [6.45, 7) is 7.85. The highest BCUT2D eigenvalue weighted by molar-refractivity contribution is 6.55. The topological polar surface area (TPSA) is 88.6 Å². The lowest BCUT2D eigenvalue weighted by molar-refractivity contribution is -0.142. The number of hydrogen-bond donors (Lipinski definition) is 0. The molecule has 0 atom stereocenters. The van der Waals surface area contributed by atoms with Crippen LogP contribution in [-0.4, -0.2) is 42.7 Å². The lowest BCUT2D eigenvalue weighted by atomic mass is 10.1. The van der Waals surface area contributed by atoms with Crippen LogP contribution in [-0.2, 0) is 27.4 Å². The van der Waals surface area contributed by atoms with Gasteiger partial charge in [0, 0.05) is 56.4 Å². The van der Waals surface area contributed by atoms with Gasteiger partial charge >= 0.3 is 5.97 Å². The predicted octanol–water partition coefficient (Wildman–Crippen LogP) is 5.32. The van der Waals surface area contributed by atoms with E-state index in [4.69, 9.17) is 18.6 Å². The van der Waals surface area contributed by atoms with Crippen LogP contribution >= 0.6 is 0 Å². The highest BCUT2D eigenvalue weighted by atomic mass is 28.3. The van der Waals surface area contributed by atoms with E-state index in [9.17, 15) is 4.79 Å². The Bertz CT molecular complexity index is 1230. The van der Waals surface area contributed by atoms with Crippen LogP contribution in [0.4, 0.5) is 0 Å². The molecule has 0 unspecified atom stereocenters. The molecule has 0 aliphatic heterocycles. The first kappa shape index (κ1) is 23.7. The fraction of sp³-hybridized carbons (Fsp3) is 0.320. The van der Waals surface area contributed by atoms with E-state index < -0.39 is 0 Å². The Labute approximate surface area is 200 Å². The molecule has 1 aromatic carbocycles. The largest absolute Gasteiger partial charge is 0.466 e. The van der Waals surface area contributed by atoms with Gasteiger partial charge in [0.05, 0.1) is 25.0 Å². The number of pyridine rings is 1. The summed E-state index contributed by atoms with van der Waals surface area (Å²) in [5, 5.41) is 5.22. The zero-order valence-electron chi connectivity index (χ0n) is 19.6. The lowest BCUT2D eigenvalue weighted by Crippen LogP contribution is -2.10. The Morgan fingerprint density at radius 3 is 2.82 bits per heavy atom. The number of ether oxygens (including phenoxy) is 3. The summed E-state index contributed by atoms with van der Waals surface area (Å²) in [6, 6.07) is 12.3. The number of nitrogens with zero attached hydrogens (tertiary/aromatic N) is 3. The molecular formula is C25H28N3O5Si. The van der Waals surface area contributed by atoms with E-state index in [1.165, 1.54) is 0 Å². The third kappa shape index (κ3) is 5.92. The number of aromatic nitrogens is 3. The van der Waals surface area contributed by atoms with Gasteiger partial charge in [0.25, 0.3) is 0 Å². The summed E-state index contributed by atoms with van der Waals surface area (Å²) in [5.41, 5.74) is 3.28. The van der Waals surface area contributed by atoms with E-state index in [0.717, 1.165) is 34.9 Å². The first-order valence-electron chi connectivity index (χ1n) is 11.2. The monoisotopic (exact) mass is 478 g/mol. The second kappa shape index (κ2) is 11.1. The summed E-state index contributed by atoms with van der Waals surface area (Å²) in [7, 11) is -0.288. The number of carbonyl (C=O) groups is 1. The fourth-order valence-electron chi connectivity index (χ4n) is 3.45. The Kier molecular flexibility index (Phi) is 7.76. The van der Waals surface area contributed by atoms with Crippen molar-refractivity contribution < 1.29 is 23.4 Å². The molecule has 0 saturated heterocycles. The summed E-state index contributed by atoms with van der Waals surface area (Å²) in [6.07, 6.45) is 5.26. The maximum absolute atomic E-state index is 11.8. The molecule has 0 saturated carbocycles. The van der Waals surface area contributed by atoms with Gasteiger partial charge in [-0.2, -0.15) is 5.10 Å². The lowest BCUT2D eigenvalue weighted by Gasteiger charge is -2.10. The van der Waals surface area contributed by atoms with Crippen LogP contribution in [0.5, 0.6) is 11.6 Å². The van der Waals surface area contributed by atoms with Crippen molar-refractivity contribution in [3.05, 3.63) is 60.6 Å². The molecule has 4 rings (SSSR count). The SMILES string of the molecule is CCOC(=O)Cc1coc2cc(Oc3ccc(-c4ccnn4COCC[Si](C)C)cn3)ccc12. The number of hydrogen-bond acceptors (Lipinski definition) is 7. The molecular weight excluding hydrogens is 450 g/mol. The van der Waals surface area contributed by atoms with Crippen molar-refractivity contribution in [3.63, 3.8) is 0 Å². The number of benzene rings is 1. The molecule has 0 amide bonds. The summed E-state index contributed by atoms with van der Waals surface area (Å²) in [5.74, 6) is 0.778. The second-order valence-corrected chi connectivity index (χ2v) is 11.0. The molecule has 177 valence electrons. The minimum atomic E-state index is -0.288. The van der Waals surface area contributed by atoms with Gasteiger partial charge in [0.2, 0.25) is 5.88 Å². The predicted molar refractivity (Wildman–Crippen MR) is 130 cm³/mol. The van der Waals surface area contributed by atoms with Gasteiger partial charge < -0.3 is 18.6 Å². The van der Waals surface area contributed by atoms with Crippen LogP contribution in [0.15, 0.2) is 59.5 Å². The Morgan fingerprint density at radius 2 is 2.06 bits per heavy atom. The van der Waals surface area contributed by atoms with Crippen molar-refractivity contribution in [2.75, 3.05) is 13.2 Å². The zero-order chi connectivity index (χ0) is 23.9. The molecule has 3 heterocycles. The number of esters is 1. The van der Waals surface area contributed by atoms with Gasteiger partial charge in [-0.05, 0) is 37.2 Å². The van der Waals surface area contributed by atoms with Gasteiger partial charge in [0.15, 0.2) is 0 Å². The number of fused-ring (bicyclic) bond motifs is 1. The Hall–Kier alpha value is -3.43. The van der Waals surface area contributed by atoms with Gasteiger partial charge in [0.1, 0.15) is 18.1 Å². The summed E-state index contributed by atoms with van der Waals surface area (Å²) in [4.78, 5) is 16.2. The highest BCUT2D eigenvalue weighted by Gasteiger charge is 2.13. The minimum absolute atomic E-state index is 0.171. The van der Waals surface area contributed by atoms with E-state index in [0.29, 0.717) is 30.6 Å². The molecule has 0 bridgehead atoms. The Morgan fingerprint density at radius 1 is 1.18 bits per heavy atom. The molecule has 3 aromatic heterocycles. The molecule has 0 aliphatic rings. The van der Waals surface area contributed by atoms with Crippen molar-refractivity contribution in [3.8, 4) is 22.9 Å². The third-order valence-electron chi connectivity index (χ3n) is 5.20. The van der Waals surface area contributed by atoms with E-state index in [1.54, 1.807) is 31.6 Å². The smallest absolute Gasteiger partial charge is 0.310 e. The van der Waals surface area contributed by atoms with Gasteiger partial charge in [-0.15, -0.1) is 0 Å². The average molecular weight is 479 g/mol. The van der Waals surface area contributed by atoms with Crippen LogP contribution in [0.25, 0.3) is 22.2 Å². The summed E-state index contributed by atoms with van der Waals surface area (Å²) < 4.78 is 24.1. The maximum atomic E-state index is 11.8. The van der Waals surface area contributed by atoms with Crippen molar-refractivity contribution in [1.82, 2.24) is 14.8 Å². The van der Waals surface area contributed by atoms with Gasteiger partial charge in [-0.25, -0.2) is 9.67 Å². The number of carbonyl (C=O) groups excluding carboxylic acids is 1. The minimum Gasteiger partial charge on any atom is -0.466 e. The van der Waals surface area contributed by atoms with Crippen LogP contribution in [0.2, 0.25) is 19.1 Å². The molecule has 34 heavy (non-hydrogen) atoms. The quantitative estimate of drug-likeness (QED) is 0.164. The molecule has 0 spiro atoms. The van der Waals surface area contributed by atoms with Crippen molar-refractivity contribution in [1.29, 1.82) is 0 Å². The molecule has 1 radical (unpaired) electrons. The van der Waals surface area contributed by atoms with Crippen molar-refractivity contribution in [2.24, 2.45) is 0 Å². The number of furan rings is 1. The van der Waals surface area contributed by atoms with Crippen LogP contribution < -0.4 is 4.74 Å². The van der Waals surface area contributed by atoms with Crippen molar-refractivity contribution in [2.45, 2.75) is 39.2 Å². The number of rotatable bonds is 11. The molecule has 0 fully saturated rings. The fourth-order valence-corrected chi connectivity index (χ4v) is 4.01. The molecule has 9 heteroatoms. The van der Waals surface area contributed by atoms with E-state index in [1.807, 2.05) is 35.0 Å². The molecule has 8 nitrogen and oxygen atoms in total. The normalized spacial score (nSPS) is 11.3. The highest BCUT2D eigenvalue weighted by Crippen LogP contribution is 2.29. The standard InChI is InChI=1S/C25H28N3O5Si/c1-4-31-25(29)13-19-16-32-23-14-20(6-7-21(19)23)33-24-8-5-18(15-26-24)22-9-10-27-28(22)17-30-11-12-34(2)3/h5-10,14-16H,4,11-13,17H2,1-3H3. The first-order chi connectivity index (χ1) is 16.5.